The average molecular weight is 454 g/mol. The Morgan fingerprint density at radius 1 is 0.576 bits per heavy atom. The molecule has 1 aliphatic heterocycles. The second-order valence-electron chi connectivity index (χ2n) is 8.37. The second kappa shape index (κ2) is 9.79. The number of para-hydroxylation sites is 2. The van der Waals surface area contributed by atoms with Gasteiger partial charge in [0.1, 0.15) is 11.5 Å². The first-order valence-electron chi connectivity index (χ1n) is 11.4. The van der Waals surface area contributed by atoms with E-state index in [0.717, 1.165) is 17.9 Å². The Kier molecular flexibility index (Phi) is 6.44. The predicted octanol–water partition coefficient (Wildman–Crippen LogP) is 8.10. The van der Waals surface area contributed by atoms with E-state index in [9.17, 15) is 0 Å². The van der Waals surface area contributed by atoms with Crippen LogP contribution in [-0.4, -0.2) is 4.67 Å². The number of fused-ring (bicyclic) bond motifs is 2. The SMILES string of the molecule is C[C@H](c1ccccc1)N([C@H](C)c1ccccc1)P1Oc2ccccc2Cc2ccccc2O1. The highest BCUT2D eigenvalue weighted by molar-refractivity contribution is 7.45. The summed E-state index contributed by atoms with van der Waals surface area (Å²) in [5.74, 6) is 1.78. The highest BCUT2D eigenvalue weighted by Gasteiger charge is 2.37. The molecule has 0 fully saturated rings. The van der Waals surface area contributed by atoms with Crippen LogP contribution < -0.4 is 9.05 Å². The third-order valence-electron chi connectivity index (χ3n) is 6.23. The minimum Gasteiger partial charge on any atom is -0.427 e. The zero-order valence-corrected chi connectivity index (χ0v) is 19.9. The average Bonchev–Trinajstić information content (AvgIpc) is 2.86. The Hall–Kier alpha value is -3.13. The molecule has 0 spiro atoms. The van der Waals surface area contributed by atoms with Crippen molar-refractivity contribution in [3.8, 4) is 11.5 Å². The van der Waals surface area contributed by atoms with Gasteiger partial charge in [-0.3, -0.25) is 0 Å². The van der Waals surface area contributed by atoms with E-state index in [1.807, 2.05) is 12.1 Å². The molecule has 0 unspecified atom stereocenters. The van der Waals surface area contributed by atoms with Crippen LogP contribution in [0.5, 0.6) is 11.5 Å². The van der Waals surface area contributed by atoms with Crippen molar-refractivity contribution >= 4 is 8.53 Å². The molecular weight excluding hydrogens is 425 g/mol. The van der Waals surface area contributed by atoms with E-state index in [1.54, 1.807) is 0 Å². The van der Waals surface area contributed by atoms with E-state index >= 15 is 0 Å². The Balaban J connectivity index is 1.61. The van der Waals surface area contributed by atoms with Gasteiger partial charge < -0.3 is 9.05 Å². The lowest BCUT2D eigenvalue weighted by Gasteiger charge is -2.39. The first kappa shape index (κ1) is 21.7. The van der Waals surface area contributed by atoms with Crippen LogP contribution in [0.1, 0.15) is 48.2 Å². The van der Waals surface area contributed by atoms with Crippen molar-refractivity contribution in [1.82, 2.24) is 4.67 Å². The van der Waals surface area contributed by atoms with Crippen LogP contribution in [0.15, 0.2) is 109 Å². The Labute approximate surface area is 197 Å². The monoisotopic (exact) mass is 453 g/mol. The molecule has 0 bridgehead atoms. The van der Waals surface area contributed by atoms with E-state index in [1.165, 1.54) is 22.3 Å². The van der Waals surface area contributed by atoms with Gasteiger partial charge in [-0.2, -0.15) is 0 Å². The van der Waals surface area contributed by atoms with Gasteiger partial charge in [-0.1, -0.05) is 97.1 Å². The second-order valence-corrected chi connectivity index (χ2v) is 9.67. The molecule has 0 radical (unpaired) electrons. The van der Waals surface area contributed by atoms with Crippen molar-refractivity contribution < 1.29 is 9.05 Å². The summed E-state index contributed by atoms with van der Waals surface area (Å²) in [5, 5.41) is 0. The Morgan fingerprint density at radius 3 is 1.42 bits per heavy atom. The van der Waals surface area contributed by atoms with Gasteiger partial charge >= 0.3 is 8.53 Å². The zero-order valence-electron chi connectivity index (χ0n) is 19.0. The summed E-state index contributed by atoms with van der Waals surface area (Å²) in [6.45, 7) is 4.47. The van der Waals surface area contributed by atoms with Gasteiger partial charge in [-0.15, -0.1) is 0 Å². The summed E-state index contributed by atoms with van der Waals surface area (Å²) in [6.07, 6.45) is 0.790. The highest BCUT2D eigenvalue weighted by atomic mass is 31.2. The molecule has 3 nitrogen and oxygen atoms in total. The lowest BCUT2D eigenvalue weighted by molar-refractivity contribution is 0.246. The van der Waals surface area contributed by atoms with Crippen molar-refractivity contribution in [3.63, 3.8) is 0 Å². The molecule has 0 N–H and O–H groups in total. The topological polar surface area (TPSA) is 21.7 Å². The maximum absolute atomic E-state index is 6.71. The van der Waals surface area contributed by atoms with Crippen molar-refractivity contribution in [1.29, 1.82) is 0 Å². The molecule has 1 aliphatic rings. The normalized spacial score (nSPS) is 15.2. The lowest BCUT2D eigenvalue weighted by atomic mass is 10.0. The fourth-order valence-electron chi connectivity index (χ4n) is 4.35. The summed E-state index contributed by atoms with van der Waals surface area (Å²) >= 11 is 0. The van der Waals surface area contributed by atoms with Crippen LogP contribution in [0.25, 0.3) is 0 Å². The van der Waals surface area contributed by atoms with Crippen LogP contribution >= 0.6 is 8.53 Å². The first-order chi connectivity index (χ1) is 16.2. The van der Waals surface area contributed by atoms with E-state index in [-0.39, 0.29) is 12.1 Å². The fraction of sp³-hybridized carbons (Fsp3) is 0.172. The molecule has 2 atom stereocenters. The standard InChI is InChI=1S/C29H28NO2P/c1-22(24-13-5-3-6-14-24)30(23(2)25-15-7-4-8-16-25)33-31-28-19-11-9-17-26(28)21-27-18-10-12-20-29(27)32-33/h3-20,22-23H,21H2,1-2H3/t22-,23-/m1/s1. The Bertz CT molecular complexity index is 1110. The molecule has 0 saturated heterocycles. The van der Waals surface area contributed by atoms with Gasteiger partial charge in [-0.05, 0) is 48.2 Å². The zero-order chi connectivity index (χ0) is 22.6. The van der Waals surface area contributed by atoms with Gasteiger partial charge in [-0.25, -0.2) is 4.67 Å². The van der Waals surface area contributed by atoms with Crippen LogP contribution in [0, 0.1) is 0 Å². The number of hydrogen-bond acceptors (Lipinski definition) is 3. The molecule has 5 rings (SSSR count). The number of benzene rings is 4. The third-order valence-corrected chi connectivity index (χ3v) is 8.00. The summed E-state index contributed by atoms with van der Waals surface area (Å²) in [5.41, 5.74) is 4.83. The smallest absolute Gasteiger partial charge is 0.385 e. The van der Waals surface area contributed by atoms with Crippen LogP contribution in [0.2, 0.25) is 0 Å². The van der Waals surface area contributed by atoms with Crippen LogP contribution in [0.4, 0.5) is 0 Å². The molecule has 0 saturated carbocycles. The van der Waals surface area contributed by atoms with E-state index in [4.69, 9.17) is 9.05 Å². The van der Waals surface area contributed by atoms with Gasteiger partial charge in [0.25, 0.3) is 0 Å². The van der Waals surface area contributed by atoms with Crippen molar-refractivity contribution in [2.45, 2.75) is 32.4 Å². The summed E-state index contributed by atoms with van der Waals surface area (Å²) < 4.78 is 15.8. The van der Waals surface area contributed by atoms with E-state index in [2.05, 4.69) is 116 Å². The fourth-order valence-corrected chi connectivity index (χ4v) is 6.10. The number of rotatable bonds is 5. The molecule has 4 aromatic rings. The van der Waals surface area contributed by atoms with Crippen molar-refractivity contribution in [2.75, 3.05) is 0 Å². The molecule has 33 heavy (non-hydrogen) atoms. The van der Waals surface area contributed by atoms with Crippen molar-refractivity contribution in [2.24, 2.45) is 0 Å². The molecule has 4 heteroatoms. The van der Waals surface area contributed by atoms with E-state index in [0.29, 0.717) is 0 Å². The van der Waals surface area contributed by atoms with Crippen molar-refractivity contribution in [3.05, 3.63) is 131 Å². The molecule has 0 amide bonds. The van der Waals surface area contributed by atoms with Gasteiger partial charge in [0.05, 0.1) is 0 Å². The van der Waals surface area contributed by atoms with Crippen LogP contribution in [-0.2, 0) is 6.42 Å². The first-order valence-corrected chi connectivity index (χ1v) is 12.5. The van der Waals surface area contributed by atoms with Gasteiger partial charge in [0.2, 0.25) is 0 Å². The summed E-state index contributed by atoms with van der Waals surface area (Å²) in [6, 6.07) is 38.0. The Morgan fingerprint density at radius 2 is 0.970 bits per heavy atom. The quantitative estimate of drug-likeness (QED) is 0.285. The molecular formula is C29H28NO2P. The van der Waals surface area contributed by atoms with E-state index < -0.39 is 8.53 Å². The third kappa shape index (κ3) is 4.66. The summed E-state index contributed by atoms with van der Waals surface area (Å²) in [7, 11) is -1.44. The van der Waals surface area contributed by atoms with Gasteiger partial charge in [0, 0.05) is 18.5 Å². The largest absolute Gasteiger partial charge is 0.427 e. The minimum absolute atomic E-state index is 0.0891. The molecule has 4 aromatic carbocycles. The maximum Gasteiger partial charge on any atom is 0.385 e. The molecule has 1 heterocycles. The van der Waals surface area contributed by atoms with Crippen LogP contribution in [0.3, 0.4) is 0 Å². The number of nitrogens with zero attached hydrogens (tertiary/aromatic N) is 1. The molecule has 0 aromatic heterocycles. The molecule has 0 aliphatic carbocycles. The maximum atomic E-state index is 6.71. The van der Waals surface area contributed by atoms with Gasteiger partial charge in [0.15, 0.2) is 0 Å². The minimum atomic E-state index is -1.44. The molecule has 166 valence electrons. The predicted molar refractivity (Wildman–Crippen MR) is 135 cm³/mol. The summed E-state index contributed by atoms with van der Waals surface area (Å²) in [4.78, 5) is 0. The highest BCUT2D eigenvalue weighted by Crippen LogP contribution is 2.55. The number of hydrogen-bond donors (Lipinski definition) is 0. The lowest BCUT2D eigenvalue weighted by Crippen LogP contribution is -2.29.